The monoisotopic (exact) mass is 329 g/mol. The third-order valence-corrected chi connectivity index (χ3v) is 4.20. The van der Waals surface area contributed by atoms with Crippen LogP contribution in [-0.4, -0.2) is 29.1 Å². The Balaban J connectivity index is 1.91. The summed E-state index contributed by atoms with van der Waals surface area (Å²) in [6.45, 7) is 0.411. The molecule has 7 heteroatoms. The summed E-state index contributed by atoms with van der Waals surface area (Å²) in [7, 11) is 0. The molecule has 1 fully saturated rings. The average Bonchev–Trinajstić information content (AvgIpc) is 3.00. The number of hydrogen-bond donors (Lipinski definition) is 1. The lowest BCUT2D eigenvalue weighted by atomic mass is 9.88. The molecule has 0 saturated carbocycles. The van der Waals surface area contributed by atoms with Gasteiger partial charge in [0.25, 0.3) is 0 Å². The fraction of sp³-hybridized carbons (Fsp3) is 0.235. The molecule has 1 aliphatic heterocycles. The molecule has 0 amide bonds. The predicted octanol–water partition coefficient (Wildman–Crippen LogP) is 2.54. The van der Waals surface area contributed by atoms with Gasteiger partial charge in [0, 0.05) is 31.3 Å². The number of nitriles is 1. The zero-order valence-corrected chi connectivity index (χ0v) is 12.5. The van der Waals surface area contributed by atoms with Gasteiger partial charge in [0.15, 0.2) is 0 Å². The number of aliphatic carboxylic acids is 1. The van der Waals surface area contributed by atoms with Crippen molar-refractivity contribution < 1.29 is 18.7 Å². The molecule has 2 aromatic rings. The number of halogens is 2. The molecule has 0 aliphatic carbocycles. The van der Waals surface area contributed by atoms with Gasteiger partial charge < -0.3 is 10.0 Å². The first-order valence-electron chi connectivity index (χ1n) is 7.28. The largest absolute Gasteiger partial charge is 0.481 e. The van der Waals surface area contributed by atoms with E-state index >= 15 is 0 Å². The van der Waals surface area contributed by atoms with Crippen molar-refractivity contribution in [2.24, 2.45) is 5.92 Å². The molecule has 1 saturated heterocycles. The Hall–Kier alpha value is -3.01. The van der Waals surface area contributed by atoms with Gasteiger partial charge in [0.2, 0.25) is 0 Å². The number of rotatable bonds is 3. The molecule has 1 aromatic carbocycles. The number of hydrogen-bond acceptors (Lipinski definition) is 4. The second-order valence-corrected chi connectivity index (χ2v) is 5.64. The summed E-state index contributed by atoms with van der Waals surface area (Å²) in [5.74, 6) is -3.42. The maximum Gasteiger partial charge on any atom is 0.308 e. The van der Waals surface area contributed by atoms with E-state index in [4.69, 9.17) is 5.26 Å². The highest BCUT2D eigenvalue weighted by atomic mass is 19.1. The fourth-order valence-electron chi connectivity index (χ4n) is 3.00. The van der Waals surface area contributed by atoms with Gasteiger partial charge in [-0.1, -0.05) is 6.07 Å². The lowest BCUT2D eigenvalue weighted by molar-refractivity contribution is -0.141. The molecule has 1 aliphatic rings. The second kappa shape index (κ2) is 6.24. The van der Waals surface area contributed by atoms with Gasteiger partial charge in [-0.15, -0.1) is 0 Å². The van der Waals surface area contributed by atoms with Crippen LogP contribution in [0.15, 0.2) is 36.5 Å². The smallest absolute Gasteiger partial charge is 0.308 e. The number of nitrogens with zero attached hydrogens (tertiary/aromatic N) is 3. The topological polar surface area (TPSA) is 77.2 Å². The number of aromatic nitrogens is 1. The minimum atomic E-state index is -1.04. The van der Waals surface area contributed by atoms with E-state index in [0.717, 1.165) is 12.1 Å². The summed E-state index contributed by atoms with van der Waals surface area (Å²) in [5, 5.41) is 18.2. The van der Waals surface area contributed by atoms with E-state index in [1.54, 1.807) is 17.0 Å². The van der Waals surface area contributed by atoms with E-state index in [2.05, 4.69) is 4.98 Å². The van der Waals surface area contributed by atoms with Gasteiger partial charge in [-0.25, -0.2) is 13.8 Å². The van der Waals surface area contributed by atoms with Crippen molar-refractivity contribution in [1.29, 1.82) is 5.26 Å². The first kappa shape index (κ1) is 15.9. The fourth-order valence-corrected chi connectivity index (χ4v) is 3.00. The van der Waals surface area contributed by atoms with Gasteiger partial charge >= 0.3 is 5.97 Å². The van der Waals surface area contributed by atoms with E-state index in [-0.39, 0.29) is 18.7 Å². The molecule has 2 heterocycles. The molecule has 5 nitrogen and oxygen atoms in total. The van der Waals surface area contributed by atoms with Crippen molar-refractivity contribution >= 4 is 11.8 Å². The highest BCUT2D eigenvalue weighted by molar-refractivity contribution is 5.74. The average molecular weight is 329 g/mol. The van der Waals surface area contributed by atoms with Crippen molar-refractivity contribution in [2.45, 2.75) is 5.92 Å². The summed E-state index contributed by atoms with van der Waals surface area (Å²) in [4.78, 5) is 17.4. The van der Waals surface area contributed by atoms with E-state index in [1.807, 2.05) is 6.07 Å². The molecule has 0 bridgehead atoms. The summed E-state index contributed by atoms with van der Waals surface area (Å²) >= 11 is 0. The molecule has 24 heavy (non-hydrogen) atoms. The summed E-state index contributed by atoms with van der Waals surface area (Å²) in [6.07, 6.45) is 1.40. The van der Waals surface area contributed by atoms with Crippen molar-refractivity contribution in [3.63, 3.8) is 0 Å². The second-order valence-electron chi connectivity index (χ2n) is 5.64. The normalized spacial score (nSPS) is 20.0. The number of carbonyl (C=O) groups is 1. The molecular weight excluding hydrogens is 316 g/mol. The van der Waals surface area contributed by atoms with Crippen LogP contribution in [0.5, 0.6) is 0 Å². The highest BCUT2D eigenvalue weighted by Crippen LogP contribution is 2.36. The van der Waals surface area contributed by atoms with Crippen LogP contribution in [-0.2, 0) is 4.79 Å². The molecule has 1 aromatic heterocycles. The number of anilines is 1. The Bertz CT molecular complexity index is 818. The third-order valence-electron chi connectivity index (χ3n) is 4.20. The molecule has 3 rings (SSSR count). The molecule has 122 valence electrons. The van der Waals surface area contributed by atoms with Gasteiger partial charge in [-0.05, 0) is 23.8 Å². The Morgan fingerprint density at radius 2 is 2.08 bits per heavy atom. The van der Waals surface area contributed by atoms with Crippen molar-refractivity contribution in [2.75, 3.05) is 18.0 Å². The van der Waals surface area contributed by atoms with Gasteiger partial charge in [-0.2, -0.15) is 5.26 Å². The Labute approximate surface area is 136 Å². The van der Waals surface area contributed by atoms with Gasteiger partial charge in [-0.3, -0.25) is 4.79 Å². The van der Waals surface area contributed by atoms with Gasteiger partial charge in [0.05, 0.1) is 11.5 Å². The molecule has 1 N–H and O–H groups in total. The lowest BCUT2D eigenvalue weighted by Gasteiger charge is -2.17. The van der Waals surface area contributed by atoms with Crippen molar-refractivity contribution in [1.82, 2.24) is 4.98 Å². The quantitative estimate of drug-likeness (QED) is 0.936. The Morgan fingerprint density at radius 3 is 2.67 bits per heavy atom. The van der Waals surface area contributed by atoms with Crippen LogP contribution in [0.3, 0.4) is 0 Å². The molecule has 0 unspecified atom stereocenters. The van der Waals surface area contributed by atoms with Crippen LogP contribution in [0.1, 0.15) is 17.0 Å². The van der Waals surface area contributed by atoms with Crippen LogP contribution in [0.4, 0.5) is 14.6 Å². The Kier molecular flexibility index (Phi) is 4.13. The zero-order chi connectivity index (χ0) is 17.3. The number of benzene rings is 1. The number of carboxylic acids is 1. The molecule has 2 atom stereocenters. The van der Waals surface area contributed by atoms with E-state index in [9.17, 15) is 18.7 Å². The summed E-state index contributed by atoms with van der Waals surface area (Å²) in [6, 6.07) is 8.35. The predicted molar refractivity (Wildman–Crippen MR) is 81.4 cm³/mol. The Morgan fingerprint density at radius 1 is 1.29 bits per heavy atom. The van der Waals surface area contributed by atoms with E-state index in [1.165, 1.54) is 12.3 Å². The summed E-state index contributed by atoms with van der Waals surface area (Å²) < 4.78 is 27.2. The molecule has 0 spiro atoms. The first-order chi connectivity index (χ1) is 11.5. The van der Waals surface area contributed by atoms with Crippen LogP contribution in [0, 0.1) is 28.9 Å². The maximum atomic E-state index is 14.1. The lowest BCUT2D eigenvalue weighted by Crippen LogP contribution is -2.23. The van der Waals surface area contributed by atoms with Gasteiger partial charge in [0.1, 0.15) is 23.5 Å². The van der Waals surface area contributed by atoms with Crippen LogP contribution in [0.25, 0.3) is 0 Å². The van der Waals surface area contributed by atoms with Crippen LogP contribution in [0.2, 0.25) is 0 Å². The van der Waals surface area contributed by atoms with Crippen molar-refractivity contribution in [3.05, 3.63) is 59.3 Å². The summed E-state index contributed by atoms with van der Waals surface area (Å²) in [5.41, 5.74) is 0.578. The number of pyridine rings is 1. The highest BCUT2D eigenvalue weighted by Gasteiger charge is 2.40. The third kappa shape index (κ3) is 2.91. The standard InChI is InChI=1S/C17H13F2N3O2/c18-11-2-3-12(15(19)5-11)13-8-22(9-14(13)17(23)24)16-4-1-10(6-20)7-21-16/h1-5,7,13-14H,8-9H2,(H,23,24)/t13-,14+/m1/s1. The molecule has 0 radical (unpaired) electrons. The van der Waals surface area contributed by atoms with Crippen molar-refractivity contribution in [3.8, 4) is 6.07 Å². The SMILES string of the molecule is N#Cc1ccc(N2C[C@H](C(=O)O)[C@@H](c3ccc(F)cc3F)C2)nc1. The van der Waals surface area contributed by atoms with E-state index in [0.29, 0.717) is 11.4 Å². The van der Waals surface area contributed by atoms with E-state index < -0.39 is 29.4 Å². The van der Waals surface area contributed by atoms with Crippen LogP contribution < -0.4 is 4.90 Å². The first-order valence-corrected chi connectivity index (χ1v) is 7.28. The zero-order valence-electron chi connectivity index (χ0n) is 12.5. The molecular formula is C17H13F2N3O2. The minimum absolute atomic E-state index is 0.162. The maximum absolute atomic E-state index is 14.1. The minimum Gasteiger partial charge on any atom is -0.481 e. The number of carboxylic acid groups (broad SMARTS) is 1. The van der Waals surface area contributed by atoms with Crippen LogP contribution >= 0.6 is 0 Å².